The Labute approximate surface area is 116 Å². The third-order valence-electron chi connectivity index (χ3n) is 3.23. The fraction of sp³-hybridized carbons (Fsp3) is 0.625. The van der Waals surface area contributed by atoms with Gasteiger partial charge in [-0.2, -0.15) is 0 Å². The highest BCUT2D eigenvalue weighted by atomic mass is 16.5. The van der Waals surface area contributed by atoms with E-state index in [0.29, 0.717) is 13.2 Å². The summed E-state index contributed by atoms with van der Waals surface area (Å²) in [5, 5.41) is 10.3. The van der Waals surface area contributed by atoms with E-state index in [0.717, 1.165) is 18.4 Å². The number of methoxy groups -OCH3 is 1. The summed E-state index contributed by atoms with van der Waals surface area (Å²) in [4.78, 5) is 0. The quantitative estimate of drug-likeness (QED) is 0.742. The third-order valence-corrected chi connectivity index (χ3v) is 3.23. The topological polar surface area (TPSA) is 38.7 Å². The van der Waals surface area contributed by atoms with E-state index in [1.54, 1.807) is 7.11 Å². The molecule has 0 saturated heterocycles. The van der Waals surface area contributed by atoms with Crippen molar-refractivity contribution in [3.8, 4) is 0 Å². The van der Waals surface area contributed by atoms with E-state index in [9.17, 15) is 5.11 Å². The second kappa shape index (κ2) is 9.08. The summed E-state index contributed by atoms with van der Waals surface area (Å²) in [6.45, 7) is 5.28. The Hall–Kier alpha value is -0.900. The normalized spacial score (nSPS) is 36.8. The average molecular weight is 266 g/mol. The molecule has 108 valence electrons. The van der Waals surface area contributed by atoms with Gasteiger partial charge in [-0.15, -0.1) is 0 Å². The van der Waals surface area contributed by atoms with Gasteiger partial charge in [0, 0.05) is 13.0 Å². The van der Waals surface area contributed by atoms with Crippen LogP contribution in [0.2, 0.25) is 0 Å². The molecule has 0 aromatic rings. The van der Waals surface area contributed by atoms with Crippen molar-refractivity contribution in [3.05, 3.63) is 36.0 Å². The molecule has 0 radical (unpaired) electrons. The number of hydrogen-bond acceptors (Lipinski definition) is 3. The van der Waals surface area contributed by atoms with Crippen LogP contribution in [-0.4, -0.2) is 37.6 Å². The zero-order valence-corrected chi connectivity index (χ0v) is 12.2. The molecule has 0 bridgehead atoms. The molecule has 0 unspecified atom stereocenters. The molecule has 1 aliphatic heterocycles. The second-order valence-electron chi connectivity index (χ2n) is 5.06. The second-order valence-corrected chi connectivity index (χ2v) is 5.06. The number of allylic oxidation sites excluding steroid dienone is 2. The monoisotopic (exact) mass is 266 g/mol. The van der Waals surface area contributed by atoms with Gasteiger partial charge in [0.25, 0.3) is 0 Å². The molecule has 1 heterocycles. The van der Waals surface area contributed by atoms with Crippen molar-refractivity contribution in [2.24, 2.45) is 5.92 Å². The summed E-state index contributed by atoms with van der Waals surface area (Å²) < 4.78 is 10.9. The predicted molar refractivity (Wildman–Crippen MR) is 78.1 cm³/mol. The molecular formula is C16H26O3. The zero-order chi connectivity index (χ0) is 14.1. The van der Waals surface area contributed by atoms with E-state index in [-0.39, 0.29) is 12.0 Å². The van der Waals surface area contributed by atoms with Crippen molar-refractivity contribution in [3.63, 3.8) is 0 Å². The Bertz CT molecular complexity index is 331. The molecule has 0 saturated carbocycles. The SMILES string of the molecule is CO[C@H]1/C=C/CC/C=C/COC/C(C)=C\[C@@H](C)[C@H]1O. The summed E-state index contributed by atoms with van der Waals surface area (Å²) >= 11 is 0. The average Bonchev–Trinajstić information content (AvgIpc) is 2.39. The number of aliphatic hydroxyl groups excluding tert-OH is 1. The van der Waals surface area contributed by atoms with E-state index in [2.05, 4.69) is 24.3 Å². The first-order valence-corrected chi connectivity index (χ1v) is 6.92. The van der Waals surface area contributed by atoms with Gasteiger partial charge in [0.15, 0.2) is 0 Å². The van der Waals surface area contributed by atoms with Gasteiger partial charge in [-0.1, -0.05) is 42.9 Å². The molecule has 0 spiro atoms. The Morgan fingerprint density at radius 1 is 1.26 bits per heavy atom. The van der Waals surface area contributed by atoms with Gasteiger partial charge in [-0.3, -0.25) is 0 Å². The van der Waals surface area contributed by atoms with Crippen molar-refractivity contribution in [2.75, 3.05) is 20.3 Å². The Morgan fingerprint density at radius 3 is 2.74 bits per heavy atom. The highest BCUT2D eigenvalue weighted by Crippen LogP contribution is 2.15. The Morgan fingerprint density at radius 2 is 2.00 bits per heavy atom. The van der Waals surface area contributed by atoms with Gasteiger partial charge < -0.3 is 14.6 Å². The molecule has 19 heavy (non-hydrogen) atoms. The molecule has 1 aliphatic rings. The lowest BCUT2D eigenvalue weighted by atomic mass is 9.96. The summed E-state index contributed by atoms with van der Waals surface area (Å²) in [6.07, 6.45) is 11.4. The van der Waals surface area contributed by atoms with E-state index >= 15 is 0 Å². The molecule has 3 nitrogen and oxygen atoms in total. The Kier molecular flexibility index (Phi) is 7.72. The van der Waals surface area contributed by atoms with Crippen LogP contribution in [0.1, 0.15) is 26.7 Å². The highest BCUT2D eigenvalue weighted by Gasteiger charge is 2.21. The summed E-state index contributed by atoms with van der Waals surface area (Å²) in [5.74, 6) is 0.0386. The summed E-state index contributed by atoms with van der Waals surface area (Å²) in [6, 6.07) is 0. The van der Waals surface area contributed by atoms with Gasteiger partial charge in [-0.05, 0) is 19.8 Å². The molecule has 0 aromatic carbocycles. The van der Waals surface area contributed by atoms with Gasteiger partial charge in [0.05, 0.1) is 19.3 Å². The van der Waals surface area contributed by atoms with Crippen LogP contribution in [0.5, 0.6) is 0 Å². The predicted octanol–water partition coefficient (Wildman–Crippen LogP) is 2.87. The van der Waals surface area contributed by atoms with Crippen LogP contribution in [0, 0.1) is 5.92 Å². The Balaban J connectivity index is 2.77. The minimum Gasteiger partial charge on any atom is -0.389 e. The molecule has 0 aliphatic carbocycles. The van der Waals surface area contributed by atoms with Crippen LogP contribution >= 0.6 is 0 Å². The number of aliphatic hydroxyl groups is 1. The number of rotatable bonds is 1. The van der Waals surface area contributed by atoms with Gasteiger partial charge >= 0.3 is 0 Å². The van der Waals surface area contributed by atoms with Crippen LogP contribution in [0.4, 0.5) is 0 Å². The van der Waals surface area contributed by atoms with E-state index in [1.165, 1.54) is 0 Å². The minimum atomic E-state index is -0.533. The van der Waals surface area contributed by atoms with Gasteiger partial charge in [0.1, 0.15) is 6.10 Å². The standard InChI is InChI=1S/C16H26O3/c1-13-11-14(2)16(17)15(18-3)9-7-5-4-6-8-10-19-12-13/h6-9,11,14-17H,4-5,10,12H2,1-3H3/b8-6+,9-7+,13-11-/t14-,15+,16-/m1/s1. The third kappa shape index (κ3) is 6.19. The number of hydrogen-bond donors (Lipinski definition) is 1. The fourth-order valence-corrected chi connectivity index (χ4v) is 2.12. The number of ether oxygens (including phenoxy) is 2. The highest BCUT2D eigenvalue weighted by molar-refractivity contribution is 5.06. The van der Waals surface area contributed by atoms with Crippen LogP contribution in [0.3, 0.4) is 0 Å². The van der Waals surface area contributed by atoms with Crippen LogP contribution in [0.15, 0.2) is 36.0 Å². The van der Waals surface area contributed by atoms with E-state index in [1.807, 2.05) is 19.9 Å². The first-order chi connectivity index (χ1) is 9.15. The zero-order valence-electron chi connectivity index (χ0n) is 12.2. The summed E-state index contributed by atoms with van der Waals surface area (Å²) in [7, 11) is 1.63. The lowest BCUT2D eigenvalue weighted by molar-refractivity contribution is -0.00198. The van der Waals surface area contributed by atoms with Crippen LogP contribution in [-0.2, 0) is 9.47 Å². The molecule has 0 aromatic heterocycles. The molecule has 3 heteroatoms. The van der Waals surface area contributed by atoms with Crippen molar-refractivity contribution < 1.29 is 14.6 Å². The molecule has 0 fully saturated rings. The molecular weight excluding hydrogens is 240 g/mol. The van der Waals surface area contributed by atoms with Gasteiger partial charge in [0.2, 0.25) is 0 Å². The first kappa shape index (κ1) is 16.2. The molecule has 3 atom stereocenters. The van der Waals surface area contributed by atoms with Crippen LogP contribution in [0.25, 0.3) is 0 Å². The molecule has 1 N–H and O–H groups in total. The van der Waals surface area contributed by atoms with Crippen molar-refractivity contribution in [2.45, 2.75) is 38.9 Å². The van der Waals surface area contributed by atoms with Gasteiger partial charge in [-0.25, -0.2) is 0 Å². The summed E-state index contributed by atoms with van der Waals surface area (Å²) in [5.41, 5.74) is 1.14. The fourth-order valence-electron chi connectivity index (χ4n) is 2.12. The van der Waals surface area contributed by atoms with Crippen molar-refractivity contribution >= 4 is 0 Å². The largest absolute Gasteiger partial charge is 0.389 e. The lowest BCUT2D eigenvalue weighted by Gasteiger charge is -2.23. The smallest absolute Gasteiger partial charge is 0.102 e. The van der Waals surface area contributed by atoms with Crippen LogP contribution < -0.4 is 0 Å². The maximum absolute atomic E-state index is 10.3. The molecule has 1 rings (SSSR count). The van der Waals surface area contributed by atoms with E-state index in [4.69, 9.17) is 9.47 Å². The first-order valence-electron chi connectivity index (χ1n) is 6.92. The molecule has 0 amide bonds. The van der Waals surface area contributed by atoms with Crippen molar-refractivity contribution in [1.82, 2.24) is 0 Å². The lowest BCUT2D eigenvalue weighted by Crippen LogP contribution is -2.31. The minimum absolute atomic E-state index is 0.0386. The van der Waals surface area contributed by atoms with E-state index < -0.39 is 6.10 Å². The van der Waals surface area contributed by atoms with Crippen molar-refractivity contribution in [1.29, 1.82) is 0 Å². The maximum Gasteiger partial charge on any atom is 0.102 e. The maximum atomic E-state index is 10.3.